The Morgan fingerprint density at radius 2 is 2.15 bits per heavy atom. The van der Waals surface area contributed by atoms with E-state index in [1.165, 1.54) is 17.1 Å². The largest absolute Gasteiger partial charge is 0.311 e. The van der Waals surface area contributed by atoms with Crippen LogP contribution in [0.4, 0.5) is 0 Å². The predicted octanol–water partition coefficient (Wildman–Crippen LogP) is 3.30. The molecule has 1 aliphatic heterocycles. The molecule has 0 amide bonds. The molecule has 0 radical (unpaired) electrons. The van der Waals surface area contributed by atoms with Crippen molar-refractivity contribution in [2.45, 2.75) is 59.7 Å². The van der Waals surface area contributed by atoms with Gasteiger partial charge in [0, 0.05) is 37.1 Å². The number of hydrogen-bond donors (Lipinski definition) is 1. The number of thiazole rings is 1. The third-order valence-electron chi connectivity index (χ3n) is 4.14. The van der Waals surface area contributed by atoms with Crippen molar-refractivity contribution in [3.63, 3.8) is 0 Å². The van der Waals surface area contributed by atoms with Crippen LogP contribution in [0.25, 0.3) is 0 Å². The fraction of sp³-hybridized carbons (Fsp3) is 0.812. The Bertz CT molecular complexity index is 414. The zero-order chi connectivity index (χ0) is 14.7. The maximum Gasteiger partial charge on any atom is 0.0897 e. The van der Waals surface area contributed by atoms with Gasteiger partial charge in [-0.25, -0.2) is 4.98 Å². The second-order valence-electron chi connectivity index (χ2n) is 6.83. The van der Waals surface area contributed by atoms with Crippen LogP contribution in [0.15, 0.2) is 5.38 Å². The van der Waals surface area contributed by atoms with E-state index in [0.29, 0.717) is 18.0 Å². The van der Waals surface area contributed by atoms with Gasteiger partial charge in [-0.05, 0) is 25.2 Å². The summed E-state index contributed by atoms with van der Waals surface area (Å²) >= 11 is 1.76. The first kappa shape index (κ1) is 15.9. The van der Waals surface area contributed by atoms with Crippen LogP contribution in [-0.2, 0) is 6.54 Å². The first-order valence-electron chi connectivity index (χ1n) is 7.84. The highest BCUT2D eigenvalue weighted by Gasteiger charge is 2.29. The van der Waals surface area contributed by atoms with E-state index in [0.717, 1.165) is 25.6 Å². The van der Waals surface area contributed by atoms with Crippen LogP contribution >= 0.6 is 11.3 Å². The molecule has 1 aliphatic rings. The third kappa shape index (κ3) is 4.27. The highest BCUT2D eigenvalue weighted by Crippen LogP contribution is 2.21. The summed E-state index contributed by atoms with van der Waals surface area (Å²) in [6.45, 7) is 14.6. The number of nitrogens with zero attached hydrogens (tertiary/aromatic N) is 2. The Labute approximate surface area is 127 Å². The van der Waals surface area contributed by atoms with E-state index in [-0.39, 0.29) is 0 Å². The van der Waals surface area contributed by atoms with E-state index in [9.17, 15) is 0 Å². The molecule has 1 fully saturated rings. The van der Waals surface area contributed by atoms with Crippen molar-refractivity contribution in [1.29, 1.82) is 0 Å². The summed E-state index contributed by atoms with van der Waals surface area (Å²) in [5.41, 5.74) is 1.24. The molecule has 1 saturated heterocycles. The summed E-state index contributed by atoms with van der Waals surface area (Å²) in [7, 11) is 0. The van der Waals surface area contributed by atoms with Gasteiger partial charge in [-0.2, -0.15) is 0 Å². The Hall–Kier alpha value is -0.450. The van der Waals surface area contributed by atoms with Crippen molar-refractivity contribution in [3.8, 4) is 0 Å². The first-order valence-corrected chi connectivity index (χ1v) is 8.72. The molecule has 3 nitrogen and oxygen atoms in total. The Kier molecular flexibility index (Phi) is 5.58. The molecule has 4 heteroatoms. The van der Waals surface area contributed by atoms with Crippen molar-refractivity contribution >= 4 is 11.3 Å². The minimum absolute atomic E-state index is 0.609. The van der Waals surface area contributed by atoms with Gasteiger partial charge in [-0.3, -0.25) is 4.90 Å². The van der Waals surface area contributed by atoms with Gasteiger partial charge in [-0.1, -0.05) is 27.7 Å². The first-order chi connectivity index (χ1) is 9.45. The van der Waals surface area contributed by atoms with Gasteiger partial charge in [0.05, 0.1) is 10.7 Å². The molecule has 2 heterocycles. The third-order valence-corrected chi connectivity index (χ3v) is 4.97. The normalized spacial score (nSPS) is 24.8. The molecule has 1 N–H and O–H groups in total. The molecule has 0 spiro atoms. The Balaban J connectivity index is 2.04. The van der Waals surface area contributed by atoms with Crippen LogP contribution in [0.5, 0.6) is 0 Å². The van der Waals surface area contributed by atoms with E-state index in [2.05, 4.69) is 55.2 Å². The molecule has 2 rings (SSSR count). The predicted molar refractivity (Wildman–Crippen MR) is 87.1 cm³/mol. The SMILES string of the molecule is Cc1nc(CN2CC(C(C)C)NCC2CC(C)C)cs1. The molecule has 20 heavy (non-hydrogen) atoms. The summed E-state index contributed by atoms with van der Waals surface area (Å²) in [5.74, 6) is 1.44. The van der Waals surface area contributed by atoms with Gasteiger partial charge in [0.2, 0.25) is 0 Å². The van der Waals surface area contributed by atoms with E-state index in [1.807, 2.05) is 0 Å². The molecule has 1 aromatic heterocycles. The van der Waals surface area contributed by atoms with Gasteiger partial charge in [0.25, 0.3) is 0 Å². The molecule has 0 saturated carbocycles. The highest BCUT2D eigenvalue weighted by molar-refractivity contribution is 7.09. The van der Waals surface area contributed by atoms with E-state index < -0.39 is 0 Å². The molecule has 114 valence electrons. The maximum absolute atomic E-state index is 4.64. The van der Waals surface area contributed by atoms with Crippen LogP contribution in [0.1, 0.15) is 44.8 Å². The van der Waals surface area contributed by atoms with E-state index in [1.54, 1.807) is 11.3 Å². The zero-order valence-corrected chi connectivity index (χ0v) is 14.3. The number of nitrogens with one attached hydrogen (secondary N) is 1. The Morgan fingerprint density at radius 3 is 2.70 bits per heavy atom. The lowest BCUT2D eigenvalue weighted by Gasteiger charge is -2.42. The van der Waals surface area contributed by atoms with Crippen LogP contribution in [0.3, 0.4) is 0 Å². The summed E-state index contributed by atoms with van der Waals surface area (Å²) in [6, 6.07) is 1.25. The highest BCUT2D eigenvalue weighted by atomic mass is 32.1. The molecule has 0 aromatic carbocycles. The number of hydrogen-bond acceptors (Lipinski definition) is 4. The monoisotopic (exact) mass is 295 g/mol. The minimum Gasteiger partial charge on any atom is -0.311 e. The lowest BCUT2D eigenvalue weighted by molar-refractivity contribution is 0.0913. The average Bonchev–Trinajstić information content (AvgIpc) is 2.76. The summed E-state index contributed by atoms with van der Waals surface area (Å²) in [5, 5.41) is 7.13. The van der Waals surface area contributed by atoms with Gasteiger partial charge in [0.1, 0.15) is 0 Å². The van der Waals surface area contributed by atoms with Crippen molar-refractivity contribution in [3.05, 3.63) is 16.1 Å². The molecular formula is C16H29N3S. The molecule has 0 aliphatic carbocycles. The maximum atomic E-state index is 4.64. The molecule has 2 unspecified atom stereocenters. The smallest absolute Gasteiger partial charge is 0.0897 e. The molecular weight excluding hydrogens is 266 g/mol. The van der Waals surface area contributed by atoms with E-state index in [4.69, 9.17) is 0 Å². The average molecular weight is 295 g/mol. The number of piperazine rings is 1. The van der Waals surface area contributed by atoms with E-state index >= 15 is 0 Å². The van der Waals surface area contributed by atoms with Crippen LogP contribution in [0, 0.1) is 18.8 Å². The fourth-order valence-electron chi connectivity index (χ4n) is 2.99. The van der Waals surface area contributed by atoms with Crippen molar-refractivity contribution < 1.29 is 0 Å². The van der Waals surface area contributed by atoms with Gasteiger partial charge >= 0.3 is 0 Å². The topological polar surface area (TPSA) is 28.2 Å². The van der Waals surface area contributed by atoms with Crippen LogP contribution < -0.4 is 5.32 Å². The number of rotatable bonds is 5. The van der Waals surface area contributed by atoms with Gasteiger partial charge in [-0.15, -0.1) is 11.3 Å². The standard InChI is InChI=1S/C16H29N3S/c1-11(2)6-15-7-17-16(12(3)4)9-19(15)8-14-10-20-13(5)18-14/h10-12,15-17H,6-9H2,1-5H3. The second kappa shape index (κ2) is 7.01. The fourth-order valence-corrected chi connectivity index (χ4v) is 3.59. The van der Waals surface area contributed by atoms with Gasteiger partial charge in [0.15, 0.2) is 0 Å². The molecule has 1 aromatic rings. The van der Waals surface area contributed by atoms with Crippen LogP contribution in [0.2, 0.25) is 0 Å². The number of aryl methyl sites for hydroxylation is 1. The lowest BCUT2D eigenvalue weighted by atomic mass is 9.95. The van der Waals surface area contributed by atoms with Crippen molar-refractivity contribution in [2.24, 2.45) is 11.8 Å². The summed E-state index contributed by atoms with van der Waals surface area (Å²) in [4.78, 5) is 7.29. The second-order valence-corrected chi connectivity index (χ2v) is 7.89. The zero-order valence-electron chi connectivity index (χ0n) is 13.5. The molecule has 2 atom stereocenters. The van der Waals surface area contributed by atoms with Crippen molar-refractivity contribution in [1.82, 2.24) is 15.2 Å². The Morgan fingerprint density at radius 1 is 1.40 bits per heavy atom. The number of aromatic nitrogens is 1. The summed E-state index contributed by atoms with van der Waals surface area (Å²) < 4.78 is 0. The quantitative estimate of drug-likeness (QED) is 0.903. The lowest BCUT2D eigenvalue weighted by Crippen LogP contribution is -2.57. The minimum atomic E-state index is 0.609. The van der Waals surface area contributed by atoms with Crippen LogP contribution in [-0.4, -0.2) is 35.1 Å². The molecule has 0 bridgehead atoms. The van der Waals surface area contributed by atoms with Crippen molar-refractivity contribution in [2.75, 3.05) is 13.1 Å². The summed E-state index contributed by atoms with van der Waals surface area (Å²) in [6.07, 6.45) is 1.26. The van der Waals surface area contributed by atoms with Gasteiger partial charge < -0.3 is 5.32 Å².